The van der Waals surface area contributed by atoms with E-state index in [0.29, 0.717) is 11.4 Å². The molecule has 8 heteroatoms. The summed E-state index contributed by atoms with van der Waals surface area (Å²) in [5, 5.41) is 8.58. The van der Waals surface area contributed by atoms with Crippen LogP contribution < -0.4 is 11.1 Å². The molecule has 0 aliphatic heterocycles. The average Bonchev–Trinajstić information content (AvgIpc) is 2.44. The fourth-order valence-corrected chi connectivity index (χ4v) is 1.52. The summed E-state index contributed by atoms with van der Waals surface area (Å²) in [5.74, 6) is -0.724. The first kappa shape index (κ1) is 11.5. The summed E-state index contributed by atoms with van der Waals surface area (Å²) in [6.07, 6.45) is 2.47. The summed E-state index contributed by atoms with van der Waals surface area (Å²) in [7, 11) is -3.29. The van der Waals surface area contributed by atoms with E-state index in [9.17, 15) is 13.2 Å². The summed E-state index contributed by atoms with van der Waals surface area (Å²) >= 11 is 0. The van der Waals surface area contributed by atoms with Gasteiger partial charge in [-0.1, -0.05) is 0 Å². The van der Waals surface area contributed by atoms with Crippen molar-refractivity contribution in [2.45, 2.75) is 6.54 Å². The molecule has 0 saturated heterocycles. The third kappa shape index (κ3) is 3.98. The predicted octanol–water partition coefficient (Wildman–Crippen LogP) is -1.35. The van der Waals surface area contributed by atoms with E-state index < -0.39 is 21.5 Å². The van der Waals surface area contributed by atoms with Crippen LogP contribution in [0.15, 0.2) is 6.20 Å². The van der Waals surface area contributed by atoms with Crippen LogP contribution in [0.1, 0.15) is 5.56 Å². The predicted molar refractivity (Wildman–Crippen MR) is 54.6 cm³/mol. The van der Waals surface area contributed by atoms with Gasteiger partial charge in [-0.2, -0.15) is 5.10 Å². The van der Waals surface area contributed by atoms with Crippen LogP contribution in [0.3, 0.4) is 0 Å². The number of rotatable bonds is 4. The van der Waals surface area contributed by atoms with Crippen LogP contribution in [0.4, 0.5) is 5.82 Å². The van der Waals surface area contributed by atoms with Crippen molar-refractivity contribution >= 4 is 21.6 Å². The van der Waals surface area contributed by atoms with Crippen molar-refractivity contribution in [2.24, 2.45) is 0 Å². The number of nitrogens with two attached hydrogens (primary N) is 1. The Hall–Kier alpha value is -1.57. The summed E-state index contributed by atoms with van der Waals surface area (Å²) < 4.78 is 21.5. The van der Waals surface area contributed by atoms with Crippen LogP contribution in [-0.2, 0) is 21.2 Å². The summed E-state index contributed by atoms with van der Waals surface area (Å²) in [5.41, 5.74) is 6.09. The third-order valence-corrected chi connectivity index (χ3v) is 2.41. The lowest BCUT2D eigenvalue weighted by molar-refractivity contribution is -0.118. The molecule has 84 valence electrons. The largest absolute Gasteiger partial charge is 0.384 e. The Balaban J connectivity index is 2.45. The van der Waals surface area contributed by atoms with E-state index in [-0.39, 0.29) is 6.54 Å². The second-order valence-corrected chi connectivity index (χ2v) is 5.30. The Kier molecular flexibility index (Phi) is 3.30. The Bertz CT molecular complexity index is 451. The zero-order valence-electron chi connectivity index (χ0n) is 8.15. The van der Waals surface area contributed by atoms with E-state index in [2.05, 4.69) is 15.5 Å². The van der Waals surface area contributed by atoms with Gasteiger partial charge in [0.25, 0.3) is 0 Å². The molecule has 0 aliphatic carbocycles. The normalized spacial score (nSPS) is 11.3. The molecule has 7 nitrogen and oxygen atoms in total. The molecule has 0 aliphatic rings. The van der Waals surface area contributed by atoms with Crippen molar-refractivity contribution in [3.8, 4) is 0 Å². The van der Waals surface area contributed by atoms with Crippen LogP contribution in [0.2, 0.25) is 0 Å². The number of hydrogen-bond acceptors (Lipinski definition) is 5. The maximum absolute atomic E-state index is 11.1. The highest BCUT2D eigenvalue weighted by Crippen LogP contribution is 2.04. The molecule has 1 heterocycles. The van der Waals surface area contributed by atoms with Crippen molar-refractivity contribution in [2.75, 3.05) is 17.7 Å². The summed E-state index contributed by atoms with van der Waals surface area (Å²) in [4.78, 5) is 11.1. The molecule has 0 atom stereocenters. The molecule has 15 heavy (non-hydrogen) atoms. The highest BCUT2D eigenvalue weighted by molar-refractivity contribution is 7.91. The molecular formula is C7H12N4O3S. The molecule has 0 bridgehead atoms. The molecule has 0 fully saturated rings. The Morgan fingerprint density at radius 2 is 2.33 bits per heavy atom. The van der Waals surface area contributed by atoms with Crippen molar-refractivity contribution < 1.29 is 13.2 Å². The zero-order valence-corrected chi connectivity index (χ0v) is 8.97. The maximum atomic E-state index is 11.1. The molecule has 0 radical (unpaired) electrons. The van der Waals surface area contributed by atoms with Gasteiger partial charge in [0.05, 0.1) is 6.20 Å². The average molecular weight is 232 g/mol. The number of nitrogen functional groups attached to an aromatic ring is 1. The zero-order chi connectivity index (χ0) is 11.5. The number of sulfone groups is 1. The lowest BCUT2D eigenvalue weighted by Gasteiger charge is -2.02. The van der Waals surface area contributed by atoms with Crippen LogP contribution in [-0.4, -0.2) is 36.5 Å². The molecule has 0 unspecified atom stereocenters. The first-order valence-electron chi connectivity index (χ1n) is 4.10. The van der Waals surface area contributed by atoms with E-state index in [1.807, 2.05) is 0 Å². The fraction of sp³-hybridized carbons (Fsp3) is 0.429. The van der Waals surface area contributed by atoms with E-state index >= 15 is 0 Å². The Morgan fingerprint density at radius 1 is 1.67 bits per heavy atom. The van der Waals surface area contributed by atoms with Gasteiger partial charge in [-0.3, -0.25) is 9.89 Å². The molecule has 1 aromatic heterocycles. The van der Waals surface area contributed by atoms with Crippen molar-refractivity contribution in [1.29, 1.82) is 0 Å². The number of hydrogen-bond donors (Lipinski definition) is 3. The van der Waals surface area contributed by atoms with Gasteiger partial charge in [0.15, 0.2) is 9.84 Å². The van der Waals surface area contributed by atoms with E-state index in [0.717, 1.165) is 6.26 Å². The van der Waals surface area contributed by atoms with Crippen molar-refractivity contribution in [3.63, 3.8) is 0 Å². The van der Waals surface area contributed by atoms with E-state index in [1.165, 1.54) is 6.20 Å². The fourth-order valence-electron chi connectivity index (χ4n) is 0.945. The minimum atomic E-state index is -3.29. The molecule has 1 aromatic rings. The second kappa shape index (κ2) is 4.30. The number of aromatic amines is 1. The summed E-state index contributed by atoms with van der Waals surface area (Å²) in [6, 6.07) is 0. The van der Waals surface area contributed by atoms with Crippen molar-refractivity contribution in [1.82, 2.24) is 15.5 Å². The molecule has 0 spiro atoms. The SMILES string of the molecule is CS(=O)(=O)CC(=O)NCc1cn[nH]c1N. The first-order chi connectivity index (χ1) is 6.88. The minimum Gasteiger partial charge on any atom is -0.384 e. The molecule has 1 amide bonds. The van der Waals surface area contributed by atoms with E-state index in [1.54, 1.807) is 0 Å². The molecule has 0 aromatic carbocycles. The van der Waals surface area contributed by atoms with Gasteiger partial charge >= 0.3 is 0 Å². The topological polar surface area (TPSA) is 118 Å². The van der Waals surface area contributed by atoms with Gasteiger partial charge in [-0.05, 0) is 0 Å². The number of nitrogens with zero attached hydrogens (tertiary/aromatic N) is 1. The highest BCUT2D eigenvalue weighted by atomic mass is 32.2. The number of aromatic nitrogens is 2. The molecular weight excluding hydrogens is 220 g/mol. The van der Waals surface area contributed by atoms with Gasteiger partial charge in [0.2, 0.25) is 5.91 Å². The van der Waals surface area contributed by atoms with Gasteiger partial charge in [-0.25, -0.2) is 8.42 Å². The Morgan fingerprint density at radius 3 is 2.80 bits per heavy atom. The minimum absolute atomic E-state index is 0.163. The highest BCUT2D eigenvalue weighted by Gasteiger charge is 2.11. The van der Waals surface area contributed by atoms with Crippen molar-refractivity contribution in [3.05, 3.63) is 11.8 Å². The second-order valence-electron chi connectivity index (χ2n) is 3.16. The number of nitrogens with one attached hydrogen (secondary N) is 2. The monoisotopic (exact) mass is 232 g/mol. The summed E-state index contributed by atoms with van der Waals surface area (Å²) in [6.45, 7) is 0.163. The number of anilines is 1. The standard InChI is InChI=1S/C7H12N4O3S/c1-15(13,14)4-6(12)9-2-5-3-10-11-7(5)8/h3H,2,4H2,1H3,(H,9,12)(H3,8,10,11). The third-order valence-electron chi connectivity index (χ3n) is 1.62. The maximum Gasteiger partial charge on any atom is 0.235 e. The van der Waals surface area contributed by atoms with Gasteiger partial charge in [0.1, 0.15) is 11.6 Å². The number of H-pyrrole nitrogens is 1. The van der Waals surface area contributed by atoms with Crippen LogP contribution in [0, 0.1) is 0 Å². The van der Waals surface area contributed by atoms with Crippen LogP contribution in [0.5, 0.6) is 0 Å². The van der Waals surface area contributed by atoms with Gasteiger partial charge in [0, 0.05) is 18.4 Å². The lowest BCUT2D eigenvalue weighted by Crippen LogP contribution is -2.29. The number of carbonyl (C=O) groups excluding carboxylic acids is 1. The van der Waals surface area contributed by atoms with Crippen LogP contribution >= 0.6 is 0 Å². The molecule has 1 rings (SSSR count). The van der Waals surface area contributed by atoms with E-state index in [4.69, 9.17) is 5.73 Å². The number of carbonyl (C=O) groups is 1. The van der Waals surface area contributed by atoms with Gasteiger partial charge < -0.3 is 11.1 Å². The quantitative estimate of drug-likeness (QED) is 0.593. The van der Waals surface area contributed by atoms with Crippen LogP contribution in [0.25, 0.3) is 0 Å². The molecule has 0 saturated carbocycles. The smallest absolute Gasteiger partial charge is 0.235 e. The molecule has 4 N–H and O–H groups in total. The first-order valence-corrected chi connectivity index (χ1v) is 6.16. The van der Waals surface area contributed by atoms with Gasteiger partial charge in [-0.15, -0.1) is 0 Å². The number of amides is 1. The Labute approximate surface area is 87.0 Å². The lowest BCUT2D eigenvalue weighted by atomic mass is 10.3.